The Balaban J connectivity index is 2.58. The largest absolute Gasteiger partial charge is 0.480 e. The molecule has 2 atom stereocenters. The van der Waals surface area contributed by atoms with Crippen LogP contribution in [0.3, 0.4) is 0 Å². The quantitative estimate of drug-likeness (QED) is 0.878. The van der Waals surface area contributed by atoms with Gasteiger partial charge in [0.25, 0.3) is 0 Å². The van der Waals surface area contributed by atoms with Gasteiger partial charge in [-0.3, -0.25) is 4.79 Å². The fourth-order valence-electron chi connectivity index (χ4n) is 2.27. The van der Waals surface area contributed by atoms with Crippen LogP contribution in [-0.4, -0.2) is 22.2 Å². The molecule has 0 amide bonds. The van der Waals surface area contributed by atoms with Crippen LogP contribution in [0.15, 0.2) is 41.3 Å². The molecule has 1 aromatic heterocycles. The Kier molecular flexibility index (Phi) is 3.09. The van der Waals surface area contributed by atoms with Crippen LogP contribution in [0, 0.1) is 5.92 Å². The van der Waals surface area contributed by atoms with Crippen LogP contribution in [0.4, 0.5) is 0 Å². The number of thiophene rings is 1. The van der Waals surface area contributed by atoms with E-state index in [0.29, 0.717) is 4.88 Å². The van der Waals surface area contributed by atoms with Crippen LogP contribution >= 0.6 is 11.3 Å². The molecule has 0 bridgehead atoms. The molecule has 1 heterocycles. The summed E-state index contributed by atoms with van der Waals surface area (Å²) in [5.74, 6) is -2.72. The lowest BCUT2D eigenvalue weighted by Crippen LogP contribution is -2.42. The van der Waals surface area contributed by atoms with Gasteiger partial charge in [0.1, 0.15) is 5.41 Å². The molecule has 18 heavy (non-hydrogen) atoms. The molecule has 0 spiro atoms. The zero-order valence-corrected chi connectivity index (χ0v) is 10.5. The fourth-order valence-corrected chi connectivity index (χ4v) is 3.25. The predicted octanol–water partition coefficient (Wildman–Crippen LogP) is 2.29. The number of hydrogen-bond acceptors (Lipinski definition) is 3. The molecule has 5 heteroatoms. The van der Waals surface area contributed by atoms with E-state index >= 15 is 0 Å². The van der Waals surface area contributed by atoms with Crippen LogP contribution in [0.5, 0.6) is 0 Å². The summed E-state index contributed by atoms with van der Waals surface area (Å²) in [5, 5.41) is 20.5. The number of carboxylic acids is 2. The van der Waals surface area contributed by atoms with E-state index in [4.69, 9.17) is 5.11 Å². The number of hydrogen-bond donors (Lipinski definition) is 2. The van der Waals surface area contributed by atoms with Crippen molar-refractivity contribution in [3.8, 4) is 0 Å². The van der Waals surface area contributed by atoms with Crippen molar-refractivity contribution in [2.24, 2.45) is 5.92 Å². The number of allylic oxidation sites excluding steroid dienone is 2. The van der Waals surface area contributed by atoms with Gasteiger partial charge in [0.2, 0.25) is 0 Å². The van der Waals surface area contributed by atoms with Gasteiger partial charge >= 0.3 is 11.9 Å². The fraction of sp³-hybridized carbons (Fsp3) is 0.231. The van der Waals surface area contributed by atoms with Crippen LogP contribution in [-0.2, 0) is 15.0 Å². The number of carboxylic acid groups (broad SMARTS) is 2. The molecule has 0 fully saturated rings. The molecular weight excluding hydrogens is 252 g/mol. The van der Waals surface area contributed by atoms with Gasteiger partial charge in [-0.05, 0) is 11.4 Å². The van der Waals surface area contributed by atoms with Crippen molar-refractivity contribution in [2.45, 2.75) is 12.3 Å². The molecule has 1 aromatic rings. The SMILES string of the molecule is CC1C(C(=O)O)=CC=CC1(C(=O)O)c1cccs1. The van der Waals surface area contributed by atoms with E-state index in [1.165, 1.54) is 23.5 Å². The highest BCUT2D eigenvalue weighted by atomic mass is 32.1. The Hall–Kier alpha value is -1.88. The molecule has 0 saturated carbocycles. The average Bonchev–Trinajstić information content (AvgIpc) is 2.82. The molecule has 0 radical (unpaired) electrons. The number of carbonyl (C=O) groups is 2. The third kappa shape index (κ3) is 1.67. The highest BCUT2D eigenvalue weighted by molar-refractivity contribution is 7.10. The summed E-state index contributed by atoms with van der Waals surface area (Å²) in [6.07, 6.45) is 4.54. The van der Waals surface area contributed by atoms with E-state index in [0.717, 1.165) is 0 Å². The molecule has 0 aliphatic heterocycles. The minimum absolute atomic E-state index is 0.119. The summed E-state index contributed by atoms with van der Waals surface area (Å²) in [6, 6.07) is 3.49. The zero-order valence-electron chi connectivity index (χ0n) is 9.66. The van der Waals surface area contributed by atoms with Crippen molar-refractivity contribution in [3.05, 3.63) is 46.2 Å². The standard InChI is InChI=1S/C13H12O4S/c1-8-9(11(14)15)4-2-6-13(8,12(16)17)10-5-3-7-18-10/h2-8H,1H3,(H,14,15)(H,16,17). The summed E-state index contributed by atoms with van der Waals surface area (Å²) in [6.45, 7) is 1.64. The van der Waals surface area contributed by atoms with Crippen molar-refractivity contribution in [2.75, 3.05) is 0 Å². The lowest BCUT2D eigenvalue weighted by atomic mass is 9.69. The van der Waals surface area contributed by atoms with Crippen LogP contribution < -0.4 is 0 Å². The van der Waals surface area contributed by atoms with E-state index in [1.807, 2.05) is 0 Å². The first-order valence-electron chi connectivity index (χ1n) is 5.40. The van der Waals surface area contributed by atoms with Crippen LogP contribution in [0.1, 0.15) is 11.8 Å². The van der Waals surface area contributed by atoms with Crippen molar-refractivity contribution < 1.29 is 19.8 Å². The molecule has 2 unspecified atom stereocenters. The second kappa shape index (κ2) is 4.42. The molecule has 2 N–H and O–H groups in total. The third-order valence-corrected chi connectivity index (χ3v) is 4.34. The predicted molar refractivity (Wildman–Crippen MR) is 67.7 cm³/mol. The zero-order chi connectivity index (χ0) is 13.3. The third-order valence-electron chi connectivity index (χ3n) is 3.31. The Morgan fingerprint density at radius 1 is 1.39 bits per heavy atom. The van der Waals surface area contributed by atoms with Gasteiger partial charge < -0.3 is 10.2 Å². The highest BCUT2D eigenvalue weighted by Crippen LogP contribution is 2.42. The minimum Gasteiger partial charge on any atom is -0.480 e. The molecule has 94 valence electrons. The topological polar surface area (TPSA) is 74.6 Å². The summed E-state index contributed by atoms with van der Waals surface area (Å²) in [4.78, 5) is 23.5. The van der Waals surface area contributed by atoms with Crippen molar-refractivity contribution in [1.82, 2.24) is 0 Å². The molecule has 0 saturated heterocycles. The van der Waals surface area contributed by atoms with E-state index in [2.05, 4.69) is 0 Å². The Bertz CT molecular complexity index is 541. The van der Waals surface area contributed by atoms with Crippen molar-refractivity contribution in [1.29, 1.82) is 0 Å². The van der Waals surface area contributed by atoms with E-state index in [9.17, 15) is 14.7 Å². The number of rotatable bonds is 3. The van der Waals surface area contributed by atoms with Gasteiger partial charge in [-0.1, -0.05) is 31.2 Å². The molecule has 1 aliphatic rings. The van der Waals surface area contributed by atoms with Gasteiger partial charge in [-0.25, -0.2) is 4.79 Å². The Morgan fingerprint density at radius 2 is 2.11 bits per heavy atom. The van der Waals surface area contributed by atoms with Gasteiger partial charge in [0, 0.05) is 16.4 Å². The van der Waals surface area contributed by atoms with Crippen LogP contribution in [0.2, 0.25) is 0 Å². The van der Waals surface area contributed by atoms with Crippen molar-refractivity contribution in [3.63, 3.8) is 0 Å². The first-order chi connectivity index (χ1) is 8.50. The molecule has 2 rings (SSSR count). The second-order valence-electron chi connectivity index (χ2n) is 4.16. The molecule has 0 aromatic carbocycles. The maximum absolute atomic E-state index is 11.7. The summed E-state index contributed by atoms with van der Waals surface area (Å²) in [7, 11) is 0. The molecule has 1 aliphatic carbocycles. The Labute approximate surface area is 108 Å². The maximum atomic E-state index is 11.7. The van der Waals surface area contributed by atoms with Gasteiger partial charge in [0.05, 0.1) is 0 Å². The average molecular weight is 264 g/mol. The highest BCUT2D eigenvalue weighted by Gasteiger charge is 2.48. The Morgan fingerprint density at radius 3 is 2.61 bits per heavy atom. The summed E-state index contributed by atoms with van der Waals surface area (Å²) >= 11 is 1.32. The van der Waals surface area contributed by atoms with E-state index < -0.39 is 23.3 Å². The van der Waals surface area contributed by atoms with Gasteiger partial charge in [0.15, 0.2) is 0 Å². The lowest BCUT2D eigenvalue weighted by Gasteiger charge is -2.34. The van der Waals surface area contributed by atoms with Crippen LogP contribution in [0.25, 0.3) is 0 Å². The normalized spacial score (nSPS) is 26.7. The van der Waals surface area contributed by atoms with Gasteiger partial charge in [-0.15, -0.1) is 11.3 Å². The molecular formula is C13H12O4S. The lowest BCUT2D eigenvalue weighted by molar-refractivity contribution is -0.143. The summed E-state index contributed by atoms with van der Waals surface area (Å²) in [5.41, 5.74) is -1.16. The second-order valence-corrected chi connectivity index (χ2v) is 5.11. The van der Waals surface area contributed by atoms with Crippen molar-refractivity contribution >= 4 is 23.3 Å². The summed E-state index contributed by atoms with van der Waals surface area (Å²) < 4.78 is 0. The maximum Gasteiger partial charge on any atom is 0.331 e. The van der Waals surface area contributed by atoms with Gasteiger partial charge in [-0.2, -0.15) is 0 Å². The van der Waals surface area contributed by atoms with E-state index in [-0.39, 0.29) is 5.57 Å². The monoisotopic (exact) mass is 264 g/mol. The minimum atomic E-state index is -1.28. The first-order valence-corrected chi connectivity index (χ1v) is 6.28. The molecule has 4 nitrogen and oxygen atoms in total. The first kappa shape index (κ1) is 12.6. The number of aliphatic carboxylic acids is 2. The smallest absolute Gasteiger partial charge is 0.331 e. The van der Waals surface area contributed by atoms with E-state index in [1.54, 1.807) is 30.5 Å².